The summed E-state index contributed by atoms with van der Waals surface area (Å²) in [5.74, 6) is 0. The summed E-state index contributed by atoms with van der Waals surface area (Å²) in [6, 6.07) is 8.06. The number of nitrogens with one attached hydrogen (secondary N) is 1. The minimum Gasteiger partial charge on any atom is -0.293 e. The van der Waals surface area contributed by atoms with Crippen molar-refractivity contribution in [3.63, 3.8) is 0 Å². The first-order chi connectivity index (χ1) is 11.8. The van der Waals surface area contributed by atoms with Crippen molar-refractivity contribution in [3.05, 3.63) is 54.7 Å². The van der Waals surface area contributed by atoms with Crippen molar-refractivity contribution in [2.24, 2.45) is 7.05 Å². The molecule has 0 saturated carbocycles. The van der Waals surface area contributed by atoms with Crippen molar-refractivity contribution < 1.29 is 0 Å². The molecule has 0 spiro atoms. The highest BCUT2D eigenvalue weighted by Crippen LogP contribution is 2.21. The minimum absolute atomic E-state index is 0.701. The molecule has 0 unspecified atom stereocenters. The second kappa shape index (κ2) is 4.79. The third-order valence-electron chi connectivity index (χ3n) is 4.06. The predicted molar refractivity (Wildman–Crippen MR) is 88.4 cm³/mol. The largest absolute Gasteiger partial charge is 0.293 e. The zero-order valence-corrected chi connectivity index (χ0v) is 13.0. The van der Waals surface area contributed by atoms with Crippen LogP contribution in [0.2, 0.25) is 0 Å². The van der Waals surface area contributed by atoms with Gasteiger partial charge in [0.1, 0.15) is 6.33 Å². The Balaban J connectivity index is 1.50. The Bertz CT molecular complexity index is 1160. The number of pyridine rings is 2. The fraction of sp³-hybridized carbons (Fsp3) is 0.125. The van der Waals surface area contributed by atoms with Crippen LogP contribution in [0, 0.1) is 0 Å². The topological polar surface area (TPSA) is 81.6 Å². The average Bonchev–Trinajstić information content (AvgIpc) is 3.21. The maximum Gasteiger partial charge on any atom is 0.173 e. The van der Waals surface area contributed by atoms with Gasteiger partial charge in [-0.1, -0.05) is 6.07 Å². The van der Waals surface area contributed by atoms with Gasteiger partial charge in [0.2, 0.25) is 0 Å². The van der Waals surface area contributed by atoms with E-state index in [1.54, 1.807) is 15.5 Å². The zero-order chi connectivity index (χ0) is 16.1. The van der Waals surface area contributed by atoms with Crippen LogP contribution in [0.1, 0.15) is 5.56 Å². The van der Waals surface area contributed by atoms with Crippen LogP contribution in [0.3, 0.4) is 0 Å². The number of aromatic nitrogens is 8. The van der Waals surface area contributed by atoms with E-state index in [1.165, 1.54) is 0 Å². The molecule has 5 aromatic heterocycles. The fourth-order valence-electron chi connectivity index (χ4n) is 2.85. The molecule has 0 aromatic carbocycles. The molecule has 1 N–H and O–H groups in total. The van der Waals surface area contributed by atoms with Crippen molar-refractivity contribution in [2.75, 3.05) is 0 Å². The standard InChI is InChI=1S/C16H14N8/c1-22-9-12(6-18-22)13-3-4-14-16(20-13)24(21-14)8-11-2-5-15-17-10-19-23(15)7-11/h2-7,9-10,21H,8H2,1H3. The Morgan fingerprint density at radius 2 is 2.04 bits per heavy atom. The van der Waals surface area contributed by atoms with E-state index in [1.807, 2.05) is 48.5 Å². The van der Waals surface area contributed by atoms with Crippen LogP contribution >= 0.6 is 0 Å². The Morgan fingerprint density at radius 1 is 1.08 bits per heavy atom. The molecule has 0 aliphatic carbocycles. The third-order valence-corrected chi connectivity index (χ3v) is 4.06. The average molecular weight is 318 g/mol. The van der Waals surface area contributed by atoms with Crippen molar-refractivity contribution in [3.8, 4) is 11.3 Å². The van der Waals surface area contributed by atoms with E-state index in [0.29, 0.717) is 6.54 Å². The third kappa shape index (κ3) is 2.00. The van der Waals surface area contributed by atoms with E-state index in [4.69, 9.17) is 4.98 Å². The van der Waals surface area contributed by atoms with Gasteiger partial charge in [-0.05, 0) is 23.8 Å². The minimum atomic E-state index is 0.701. The van der Waals surface area contributed by atoms with Gasteiger partial charge in [0.15, 0.2) is 11.3 Å². The molecule has 0 fully saturated rings. The van der Waals surface area contributed by atoms with Crippen molar-refractivity contribution in [1.82, 2.24) is 39.1 Å². The lowest BCUT2D eigenvalue weighted by Gasteiger charge is -2.16. The summed E-state index contributed by atoms with van der Waals surface area (Å²) < 4.78 is 5.57. The highest BCUT2D eigenvalue weighted by Gasteiger charge is 2.11. The van der Waals surface area contributed by atoms with Crippen LogP contribution in [0.15, 0.2) is 49.2 Å². The number of H-pyrrole nitrogens is 1. The summed E-state index contributed by atoms with van der Waals surface area (Å²) in [7, 11) is 1.90. The molecule has 5 heterocycles. The quantitative estimate of drug-likeness (QED) is 0.550. The van der Waals surface area contributed by atoms with Gasteiger partial charge in [0.05, 0.1) is 24.0 Å². The second-order valence-electron chi connectivity index (χ2n) is 5.77. The zero-order valence-electron chi connectivity index (χ0n) is 13.0. The van der Waals surface area contributed by atoms with Crippen LogP contribution in [-0.2, 0) is 13.6 Å². The number of rotatable bonds is 3. The van der Waals surface area contributed by atoms with Gasteiger partial charge in [0.25, 0.3) is 0 Å². The number of aryl methyl sites for hydroxylation is 1. The molecule has 0 aliphatic rings. The molecule has 24 heavy (non-hydrogen) atoms. The Morgan fingerprint density at radius 3 is 2.92 bits per heavy atom. The number of hydrogen-bond donors (Lipinski definition) is 1. The molecule has 118 valence electrons. The van der Waals surface area contributed by atoms with Gasteiger partial charge in [-0.25, -0.2) is 14.5 Å². The van der Waals surface area contributed by atoms with Crippen LogP contribution in [0.5, 0.6) is 0 Å². The normalized spacial score (nSPS) is 11.7. The first kappa shape index (κ1) is 13.1. The second-order valence-corrected chi connectivity index (χ2v) is 5.77. The number of fused-ring (bicyclic) bond motifs is 2. The van der Waals surface area contributed by atoms with Gasteiger partial charge in [-0.3, -0.25) is 14.5 Å². The van der Waals surface area contributed by atoms with Gasteiger partial charge in [-0.2, -0.15) is 10.2 Å². The molecular weight excluding hydrogens is 304 g/mol. The lowest BCUT2D eigenvalue weighted by molar-refractivity contribution is 0.669. The van der Waals surface area contributed by atoms with Crippen molar-refractivity contribution in [1.29, 1.82) is 0 Å². The summed E-state index contributed by atoms with van der Waals surface area (Å²) >= 11 is 0. The van der Waals surface area contributed by atoms with E-state index < -0.39 is 0 Å². The van der Waals surface area contributed by atoms with Crippen molar-refractivity contribution >= 4 is 16.8 Å². The maximum absolute atomic E-state index is 4.75. The lowest BCUT2D eigenvalue weighted by Crippen LogP contribution is -2.14. The highest BCUT2D eigenvalue weighted by molar-refractivity contribution is 5.76. The molecule has 8 nitrogen and oxygen atoms in total. The molecule has 0 radical (unpaired) electrons. The van der Waals surface area contributed by atoms with E-state index in [9.17, 15) is 0 Å². The summed E-state index contributed by atoms with van der Waals surface area (Å²) in [5, 5.41) is 11.7. The molecule has 0 aliphatic heterocycles. The van der Waals surface area contributed by atoms with Crippen LogP contribution < -0.4 is 0 Å². The van der Waals surface area contributed by atoms with E-state index in [-0.39, 0.29) is 0 Å². The van der Waals surface area contributed by atoms with Crippen LogP contribution in [-0.4, -0.2) is 39.1 Å². The Kier molecular flexibility index (Phi) is 2.60. The monoisotopic (exact) mass is 318 g/mol. The van der Waals surface area contributed by atoms with Gasteiger partial charge < -0.3 is 0 Å². The highest BCUT2D eigenvalue weighted by atomic mass is 15.3. The van der Waals surface area contributed by atoms with Crippen LogP contribution in [0.25, 0.3) is 28.1 Å². The van der Waals surface area contributed by atoms with Gasteiger partial charge in [-0.15, -0.1) is 0 Å². The molecule has 5 aromatic rings. The molecule has 0 atom stereocenters. The van der Waals surface area contributed by atoms with Gasteiger partial charge >= 0.3 is 0 Å². The fourth-order valence-corrected chi connectivity index (χ4v) is 2.85. The summed E-state index contributed by atoms with van der Waals surface area (Å²) in [4.78, 5) is 8.91. The Hall–Kier alpha value is -3.42. The molecule has 0 saturated heterocycles. The Labute approximate surface area is 136 Å². The molecule has 0 bridgehead atoms. The number of nitrogens with zero attached hydrogens (tertiary/aromatic N) is 7. The van der Waals surface area contributed by atoms with Crippen LogP contribution in [0.4, 0.5) is 0 Å². The maximum atomic E-state index is 4.75. The van der Waals surface area contributed by atoms with E-state index >= 15 is 0 Å². The number of aromatic amines is 1. The predicted octanol–water partition coefficient (Wildman–Crippen LogP) is 1.86. The van der Waals surface area contributed by atoms with Gasteiger partial charge in [0, 0.05) is 25.0 Å². The summed E-state index contributed by atoms with van der Waals surface area (Å²) in [6.07, 6.45) is 7.32. The molecule has 8 heteroatoms. The summed E-state index contributed by atoms with van der Waals surface area (Å²) in [6.45, 7) is 0.701. The number of hydrogen-bond acceptors (Lipinski definition) is 4. The molecule has 5 rings (SSSR count). The van der Waals surface area contributed by atoms with E-state index in [2.05, 4.69) is 26.3 Å². The SMILES string of the molecule is Cn1cc(-c2ccc3[nH]n(Cc4ccc5ncnn5c4)c3n2)cn1. The van der Waals surface area contributed by atoms with E-state index in [0.717, 1.165) is 33.6 Å². The molecule has 0 amide bonds. The van der Waals surface area contributed by atoms with Crippen molar-refractivity contribution in [2.45, 2.75) is 6.54 Å². The lowest BCUT2D eigenvalue weighted by atomic mass is 10.2. The summed E-state index contributed by atoms with van der Waals surface area (Å²) in [5.41, 5.74) is 5.86. The first-order valence-electron chi connectivity index (χ1n) is 7.59. The molecular formula is C16H14N8. The first-order valence-corrected chi connectivity index (χ1v) is 7.59. The smallest absolute Gasteiger partial charge is 0.173 e.